The van der Waals surface area contributed by atoms with Gasteiger partial charge < -0.3 is 10.8 Å². The molecule has 1 heterocycles. The monoisotopic (exact) mass is 363 g/mol. The number of hydrogen-bond donors (Lipinski definition) is 2. The van der Waals surface area contributed by atoms with Crippen molar-refractivity contribution < 1.29 is 27.5 Å². The first-order chi connectivity index (χ1) is 11.1. The highest BCUT2D eigenvalue weighted by Crippen LogP contribution is 2.41. The fraction of sp³-hybridized carbons (Fsp3) is 0.286. The van der Waals surface area contributed by atoms with E-state index in [-0.39, 0.29) is 10.6 Å². The van der Waals surface area contributed by atoms with Gasteiger partial charge in [-0.1, -0.05) is 11.8 Å². The van der Waals surface area contributed by atoms with Crippen molar-refractivity contribution in [2.45, 2.75) is 28.6 Å². The Hall–Kier alpha value is -2.07. The van der Waals surface area contributed by atoms with Crippen LogP contribution in [0.4, 0.5) is 17.6 Å². The molecule has 0 bridgehead atoms. The Balaban J connectivity index is 2.51. The van der Waals surface area contributed by atoms with Gasteiger partial charge >= 0.3 is 12.1 Å². The number of nitrogens with two attached hydrogens (primary N) is 1. The van der Waals surface area contributed by atoms with Gasteiger partial charge in [0, 0.05) is 23.5 Å². The lowest BCUT2D eigenvalue weighted by Gasteiger charge is -2.14. The summed E-state index contributed by atoms with van der Waals surface area (Å²) in [5.41, 5.74) is 4.07. The molecule has 0 saturated carbocycles. The third-order valence-electron chi connectivity index (χ3n) is 3.09. The molecule has 0 saturated heterocycles. The maximum absolute atomic E-state index is 13.2. The summed E-state index contributed by atoms with van der Waals surface area (Å²) in [4.78, 5) is 11.3. The molecule has 10 heteroatoms. The first-order valence-electron chi connectivity index (χ1n) is 6.64. The van der Waals surface area contributed by atoms with Crippen molar-refractivity contribution in [3.63, 3.8) is 0 Å². The number of alkyl halides is 3. The van der Waals surface area contributed by atoms with Crippen LogP contribution in [0.25, 0.3) is 0 Å². The van der Waals surface area contributed by atoms with Crippen molar-refractivity contribution in [3.05, 3.63) is 41.3 Å². The van der Waals surface area contributed by atoms with Crippen LogP contribution in [0.5, 0.6) is 0 Å². The lowest BCUT2D eigenvalue weighted by molar-refractivity contribution is -0.143. The van der Waals surface area contributed by atoms with E-state index in [2.05, 4.69) is 5.10 Å². The number of carbonyl (C=O) groups is 1. The highest BCUT2D eigenvalue weighted by molar-refractivity contribution is 7.99. The van der Waals surface area contributed by atoms with Gasteiger partial charge in [0.25, 0.3) is 0 Å². The first kappa shape index (κ1) is 18.3. The normalized spacial score (nSPS) is 13.1. The van der Waals surface area contributed by atoms with Crippen molar-refractivity contribution in [2.75, 3.05) is 0 Å². The van der Waals surface area contributed by atoms with Gasteiger partial charge in [-0.2, -0.15) is 18.3 Å². The summed E-state index contributed by atoms with van der Waals surface area (Å²) in [6.07, 6.45) is -5.45. The van der Waals surface area contributed by atoms with E-state index in [0.717, 1.165) is 16.4 Å². The van der Waals surface area contributed by atoms with Crippen molar-refractivity contribution >= 4 is 17.7 Å². The number of rotatable bonds is 5. The minimum absolute atomic E-state index is 0.0580. The zero-order valence-electron chi connectivity index (χ0n) is 12.3. The third-order valence-corrected chi connectivity index (χ3v) is 4.28. The van der Waals surface area contributed by atoms with Crippen LogP contribution < -0.4 is 5.73 Å². The van der Waals surface area contributed by atoms with Gasteiger partial charge in [0.05, 0.1) is 6.42 Å². The van der Waals surface area contributed by atoms with Crippen LogP contribution in [-0.4, -0.2) is 20.9 Å². The van der Waals surface area contributed by atoms with E-state index in [0.29, 0.717) is 4.90 Å². The average molecular weight is 363 g/mol. The predicted molar refractivity (Wildman–Crippen MR) is 77.9 cm³/mol. The van der Waals surface area contributed by atoms with Gasteiger partial charge in [-0.15, -0.1) is 0 Å². The maximum atomic E-state index is 13.2. The highest BCUT2D eigenvalue weighted by Gasteiger charge is 2.41. The van der Waals surface area contributed by atoms with Crippen LogP contribution in [-0.2, 0) is 18.0 Å². The van der Waals surface area contributed by atoms with Gasteiger partial charge in [-0.05, 0) is 24.3 Å². The van der Waals surface area contributed by atoms with Gasteiger partial charge in [0.15, 0.2) is 5.69 Å². The SMILES string of the molecule is Cn1nc(C(F)(F)F)c(C(N)CC(=O)O)c1Sc1ccc(F)cc1. The summed E-state index contributed by atoms with van der Waals surface area (Å²) in [5, 5.41) is 12.3. The Morgan fingerprint density at radius 1 is 1.38 bits per heavy atom. The molecule has 0 radical (unpaired) electrons. The molecule has 1 aromatic carbocycles. The first-order valence-corrected chi connectivity index (χ1v) is 7.46. The molecular formula is C14H13F4N3O2S. The number of benzene rings is 1. The third kappa shape index (κ3) is 4.06. The second-order valence-corrected chi connectivity index (χ2v) is 6.01. The summed E-state index contributed by atoms with van der Waals surface area (Å²) < 4.78 is 53.5. The molecule has 0 spiro atoms. The number of nitrogens with zero attached hydrogens (tertiary/aromatic N) is 2. The fourth-order valence-corrected chi connectivity index (χ4v) is 3.12. The number of aryl methyl sites for hydroxylation is 1. The van der Waals surface area contributed by atoms with Crippen LogP contribution >= 0.6 is 11.8 Å². The van der Waals surface area contributed by atoms with Crippen molar-refractivity contribution in [1.29, 1.82) is 0 Å². The van der Waals surface area contributed by atoms with Crippen LogP contribution in [0.1, 0.15) is 23.7 Å². The quantitative estimate of drug-likeness (QED) is 0.798. The molecule has 5 nitrogen and oxygen atoms in total. The molecule has 0 aliphatic carbocycles. The second-order valence-electron chi connectivity index (χ2n) is 4.95. The van der Waals surface area contributed by atoms with E-state index in [4.69, 9.17) is 10.8 Å². The van der Waals surface area contributed by atoms with E-state index < -0.39 is 36.1 Å². The Bertz CT molecular complexity index is 744. The molecule has 0 fully saturated rings. The molecule has 0 aliphatic heterocycles. The zero-order valence-corrected chi connectivity index (χ0v) is 13.2. The largest absolute Gasteiger partial charge is 0.481 e. The van der Waals surface area contributed by atoms with Crippen molar-refractivity contribution in [3.8, 4) is 0 Å². The molecule has 3 N–H and O–H groups in total. The minimum atomic E-state index is -4.77. The Labute approximate surface area is 138 Å². The minimum Gasteiger partial charge on any atom is -0.481 e. The summed E-state index contributed by atoms with van der Waals surface area (Å²) >= 11 is 0.903. The van der Waals surface area contributed by atoms with E-state index in [1.807, 2.05) is 0 Å². The van der Waals surface area contributed by atoms with Gasteiger partial charge in [0.2, 0.25) is 0 Å². The van der Waals surface area contributed by atoms with Crippen LogP contribution in [0, 0.1) is 5.82 Å². The Morgan fingerprint density at radius 3 is 2.46 bits per heavy atom. The highest BCUT2D eigenvalue weighted by atomic mass is 32.2. The van der Waals surface area contributed by atoms with Gasteiger partial charge in [-0.25, -0.2) is 4.39 Å². The average Bonchev–Trinajstić information content (AvgIpc) is 2.78. The summed E-state index contributed by atoms with van der Waals surface area (Å²) in [6, 6.07) is 3.75. The van der Waals surface area contributed by atoms with Crippen LogP contribution in [0.15, 0.2) is 34.2 Å². The van der Waals surface area contributed by atoms with E-state index in [1.165, 1.54) is 31.3 Å². The van der Waals surface area contributed by atoms with E-state index in [1.54, 1.807) is 0 Å². The standard InChI is InChI=1S/C14H13F4N3O2S/c1-21-13(24-8-4-2-7(15)3-5-8)11(9(19)6-10(22)23)12(20-21)14(16,17)18/h2-5,9H,6,19H2,1H3,(H,22,23). The lowest BCUT2D eigenvalue weighted by atomic mass is 10.1. The molecule has 1 aromatic heterocycles. The van der Waals surface area contributed by atoms with Crippen LogP contribution in [0.3, 0.4) is 0 Å². The zero-order chi connectivity index (χ0) is 18.1. The van der Waals surface area contributed by atoms with Gasteiger partial charge in [-0.3, -0.25) is 9.48 Å². The number of aliphatic carboxylic acids is 1. The predicted octanol–water partition coefficient (Wildman–Crippen LogP) is 3.20. The molecule has 130 valence electrons. The Kier molecular flexibility index (Phi) is 5.19. The number of halogens is 4. The molecule has 2 rings (SSSR count). The van der Waals surface area contributed by atoms with Crippen molar-refractivity contribution in [1.82, 2.24) is 9.78 Å². The maximum Gasteiger partial charge on any atom is 0.435 e. The molecule has 24 heavy (non-hydrogen) atoms. The number of hydrogen-bond acceptors (Lipinski definition) is 4. The molecule has 1 unspecified atom stereocenters. The molecule has 0 aliphatic rings. The second kappa shape index (κ2) is 6.81. The lowest BCUT2D eigenvalue weighted by Crippen LogP contribution is -2.20. The summed E-state index contributed by atoms with van der Waals surface area (Å²) in [6.45, 7) is 0. The number of carboxylic acid groups (broad SMARTS) is 1. The fourth-order valence-electron chi connectivity index (χ4n) is 2.09. The van der Waals surface area contributed by atoms with E-state index >= 15 is 0 Å². The Morgan fingerprint density at radius 2 is 1.96 bits per heavy atom. The van der Waals surface area contributed by atoms with Crippen molar-refractivity contribution in [2.24, 2.45) is 12.8 Å². The smallest absolute Gasteiger partial charge is 0.435 e. The molecule has 0 amide bonds. The van der Waals surface area contributed by atoms with Crippen LogP contribution in [0.2, 0.25) is 0 Å². The topological polar surface area (TPSA) is 81.1 Å². The molecule has 2 aromatic rings. The number of carboxylic acids is 1. The van der Waals surface area contributed by atoms with E-state index in [9.17, 15) is 22.4 Å². The number of aromatic nitrogens is 2. The summed E-state index contributed by atoms with van der Waals surface area (Å²) in [7, 11) is 1.30. The summed E-state index contributed by atoms with van der Waals surface area (Å²) in [5.74, 6) is -1.81. The molecular weight excluding hydrogens is 350 g/mol. The molecule has 1 atom stereocenters. The van der Waals surface area contributed by atoms with Gasteiger partial charge in [0.1, 0.15) is 10.8 Å².